The second-order valence-electron chi connectivity index (χ2n) is 8.29. The zero-order chi connectivity index (χ0) is 20.5. The van der Waals surface area contributed by atoms with Gasteiger partial charge in [-0.2, -0.15) is 0 Å². The zero-order valence-corrected chi connectivity index (χ0v) is 17.1. The van der Waals surface area contributed by atoms with Gasteiger partial charge in [-0.15, -0.1) is 0 Å². The number of hydrogen-bond acceptors (Lipinski definition) is 3. The summed E-state index contributed by atoms with van der Waals surface area (Å²) in [5.74, 6) is 0.605. The Kier molecular flexibility index (Phi) is 4.93. The van der Waals surface area contributed by atoms with Gasteiger partial charge in [0.1, 0.15) is 0 Å². The van der Waals surface area contributed by atoms with E-state index in [9.17, 15) is 4.79 Å². The molecule has 0 aliphatic carbocycles. The zero-order valence-electron chi connectivity index (χ0n) is 17.1. The Balaban J connectivity index is 1.57. The van der Waals surface area contributed by atoms with Crippen molar-refractivity contribution in [1.29, 1.82) is 0 Å². The van der Waals surface area contributed by atoms with E-state index in [1.54, 1.807) is 18.5 Å². The van der Waals surface area contributed by atoms with Crippen molar-refractivity contribution in [2.75, 3.05) is 20.1 Å². The fourth-order valence-corrected chi connectivity index (χ4v) is 4.74. The van der Waals surface area contributed by atoms with Gasteiger partial charge in [-0.1, -0.05) is 42.5 Å². The number of likely N-dealkylation sites (tertiary alicyclic amines) is 1. The van der Waals surface area contributed by atoms with E-state index in [0.717, 1.165) is 36.3 Å². The lowest BCUT2D eigenvalue weighted by Crippen LogP contribution is -2.36. The Morgan fingerprint density at radius 3 is 2.53 bits per heavy atom. The lowest BCUT2D eigenvalue weighted by atomic mass is 9.78. The Hall–Kier alpha value is -3.24. The number of piperidine rings is 1. The lowest BCUT2D eigenvalue weighted by Gasteiger charge is -2.37. The summed E-state index contributed by atoms with van der Waals surface area (Å²) in [5, 5.41) is 2.52. The van der Waals surface area contributed by atoms with Gasteiger partial charge in [-0.05, 0) is 65.7 Å². The first-order chi connectivity index (χ1) is 14.7. The summed E-state index contributed by atoms with van der Waals surface area (Å²) in [6.45, 7) is 2.00. The van der Waals surface area contributed by atoms with E-state index in [0.29, 0.717) is 5.92 Å². The number of rotatable bonds is 3. The van der Waals surface area contributed by atoms with Gasteiger partial charge < -0.3 is 9.88 Å². The lowest BCUT2D eigenvalue weighted by molar-refractivity contribution is 0.225. The van der Waals surface area contributed by atoms with Crippen molar-refractivity contribution in [3.63, 3.8) is 0 Å². The van der Waals surface area contributed by atoms with Crippen LogP contribution in [0.3, 0.4) is 0 Å². The molecule has 1 aliphatic heterocycles. The van der Waals surface area contributed by atoms with Crippen molar-refractivity contribution in [3.8, 4) is 11.1 Å². The summed E-state index contributed by atoms with van der Waals surface area (Å²) in [5.41, 5.74) is 4.29. The molecule has 1 N–H and O–H groups in total. The van der Waals surface area contributed by atoms with Gasteiger partial charge in [-0.3, -0.25) is 9.78 Å². The summed E-state index contributed by atoms with van der Waals surface area (Å²) in [4.78, 5) is 22.2. The highest BCUT2D eigenvalue weighted by Crippen LogP contribution is 2.40. The Morgan fingerprint density at radius 1 is 0.900 bits per heavy atom. The van der Waals surface area contributed by atoms with E-state index in [4.69, 9.17) is 0 Å². The van der Waals surface area contributed by atoms with Crippen LogP contribution >= 0.6 is 0 Å². The van der Waals surface area contributed by atoms with Gasteiger partial charge in [0.2, 0.25) is 5.56 Å². The molecular formula is C26H25N3O. The first kappa shape index (κ1) is 18.8. The van der Waals surface area contributed by atoms with Crippen molar-refractivity contribution in [3.05, 3.63) is 101 Å². The Morgan fingerprint density at radius 2 is 1.70 bits per heavy atom. The van der Waals surface area contributed by atoms with Gasteiger partial charge >= 0.3 is 0 Å². The van der Waals surface area contributed by atoms with Gasteiger partial charge in [0, 0.05) is 42.5 Å². The van der Waals surface area contributed by atoms with Crippen LogP contribution in [0.1, 0.15) is 29.5 Å². The quantitative estimate of drug-likeness (QED) is 0.542. The third-order valence-corrected chi connectivity index (χ3v) is 6.30. The number of likely N-dealkylation sites (N-methyl/N-ethyl adjacent to an activating group) is 1. The molecule has 2 atom stereocenters. The number of fused-ring (bicyclic) bond motifs is 1. The molecule has 4 nitrogen and oxygen atoms in total. The van der Waals surface area contributed by atoms with Crippen molar-refractivity contribution < 1.29 is 0 Å². The number of benzene rings is 2. The average Bonchev–Trinajstić information content (AvgIpc) is 2.79. The monoisotopic (exact) mass is 395 g/mol. The number of pyridine rings is 2. The minimum atomic E-state index is -0.0458. The molecule has 2 aromatic carbocycles. The first-order valence-electron chi connectivity index (χ1n) is 10.5. The molecule has 1 aliphatic rings. The van der Waals surface area contributed by atoms with Crippen LogP contribution in [0.4, 0.5) is 0 Å². The number of aromatic nitrogens is 2. The molecule has 0 spiro atoms. The van der Waals surface area contributed by atoms with Crippen molar-refractivity contribution in [2.24, 2.45) is 0 Å². The van der Waals surface area contributed by atoms with Gasteiger partial charge in [0.25, 0.3) is 0 Å². The van der Waals surface area contributed by atoms with E-state index in [1.807, 2.05) is 12.1 Å². The van der Waals surface area contributed by atoms with E-state index in [1.165, 1.54) is 16.3 Å². The highest BCUT2D eigenvalue weighted by atomic mass is 16.1. The summed E-state index contributed by atoms with van der Waals surface area (Å²) < 4.78 is 0. The molecule has 150 valence electrons. The molecule has 1 saturated heterocycles. The second kappa shape index (κ2) is 7.88. The van der Waals surface area contributed by atoms with Crippen LogP contribution in [0.15, 0.2) is 83.9 Å². The summed E-state index contributed by atoms with van der Waals surface area (Å²) in [6, 6.07) is 23.0. The minimum absolute atomic E-state index is 0.0458. The molecule has 30 heavy (non-hydrogen) atoms. The second-order valence-corrected chi connectivity index (χ2v) is 8.29. The molecule has 2 aromatic heterocycles. The topological polar surface area (TPSA) is 49.0 Å². The van der Waals surface area contributed by atoms with Crippen molar-refractivity contribution >= 4 is 10.8 Å². The Bertz CT molecular complexity index is 1230. The van der Waals surface area contributed by atoms with E-state index in [2.05, 4.69) is 70.4 Å². The molecule has 1 fully saturated rings. The average molecular weight is 396 g/mol. The third kappa shape index (κ3) is 3.66. The maximum Gasteiger partial charge on any atom is 0.248 e. The van der Waals surface area contributed by atoms with Gasteiger partial charge in [0.15, 0.2) is 0 Å². The maximum absolute atomic E-state index is 12.5. The molecule has 4 heteroatoms. The SMILES string of the molecule is CN1CCC(c2cc(-c3ccncc3)cc(=O)[nH]2)C(c2ccc3ccccc3c2)C1. The summed E-state index contributed by atoms with van der Waals surface area (Å²) >= 11 is 0. The van der Waals surface area contributed by atoms with E-state index >= 15 is 0 Å². The van der Waals surface area contributed by atoms with Crippen LogP contribution in [-0.2, 0) is 0 Å². The molecule has 3 heterocycles. The minimum Gasteiger partial charge on any atom is -0.326 e. The predicted molar refractivity (Wildman–Crippen MR) is 122 cm³/mol. The first-order valence-corrected chi connectivity index (χ1v) is 10.5. The van der Waals surface area contributed by atoms with Crippen LogP contribution in [0, 0.1) is 0 Å². The Labute approximate surface area is 176 Å². The van der Waals surface area contributed by atoms with Crippen LogP contribution < -0.4 is 5.56 Å². The molecule has 0 radical (unpaired) electrons. The third-order valence-electron chi connectivity index (χ3n) is 6.30. The number of H-pyrrole nitrogens is 1. The number of aromatic amines is 1. The normalized spacial score (nSPS) is 19.8. The van der Waals surface area contributed by atoms with Crippen LogP contribution in [-0.4, -0.2) is 35.0 Å². The van der Waals surface area contributed by atoms with Crippen molar-refractivity contribution in [1.82, 2.24) is 14.9 Å². The van der Waals surface area contributed by atoms with E-state index < -0.39 is 0 Å². The largest absolute Gasteiger partial charge is 0.326 e. The fourth-order valence-electron chi connectivity index (χ4n) is 4.74. The molecule has 0 amide bonds. The summed E-state index contributed by atoms with van der Waals surface area (Å²) in [6.07, 6.45) is 4.55. The molecular weight excluding hydrogens is 370 g/mol. The smallest absolute Gasteiger partial charge is 0.248 e. The molecule has 0 bridgehead atoms. The highest BCUT2D eigenvalue weighted by Gasteiger charge is 2.31. The highest BCUT2D eigenvalue weighted by molar-refractivity contribution is 5.83. The molecule has 2 unspecified atom stereocenters. The van der Waals surface area contributed by atoms with Crippen molar-refractivity contribution in [2.45, 2.75) is 18.3 Å². The summed E-state index contributed by atoms with van der Waals surface area (Å²) in [7, 11) is 2.18. The molecule has 0 saturated carbocycles. The van der Waals surface area contributed by atoms with E-state index in [-0.39, 0.29) is 11.5 Å². The van der Waals surface area contributed by atoms with Gasteiger partial charge in [0.05, 0.1) is 0 Å². The van der Waals surface area contributed by atoms with Crippen LogP contribution in [0.2, 0.25) is 0 Å². The number of hydrogen-bond donors (Lipinski definition) is 1. The number of nitrogens with zero attached hydrogens (tertiary/aromatic N) is 2. The predicted octanol–water partition coefficient (Wildman–Crippen LogP) is 4.79. The standard InChI is InChI=1S/C26H25N3O/c1-29-13-10-23(24(17-29)21-7-6-18-4-2-3-5-20(18)14-21)25-15-22(16-26(30)28-25)19-8-11-27-12-9-19/h2-9,11-12,14-16,23-24H,10,13,17H2,1H3,(H,28,30). The number of nitrogens with one attached hydrogen (secondary N) is 1. The van der Waals surface area contributed by atoms with Crippen LogP contribution in [0.25, 0.3) is 21.9 Å². The fraction of sp³-hybridized carbons (Fsp3) is 0.231. The van der Waals surface area contributed by atoms with Crippen LogP contribution in [0.5, 0.6) is 0 Å². The molecule has 5 rings (SSSR count). The maximum atomic E-state index is 12.5. The van der Waals surface area contributed by atoms with Gasteiger partial charge in [-0.25, -0.2) is 0 Å². The molecule has 4 aromatic rings.